The molecular formula is C31H28N4O3. The van der Waals surface area contributed by atoms with Crippen LogP contribution in [-0.4, -0.2) is 28.5 Å². The van der Waals surface area contributed by atoms with Crippen LogP contribution in [-0.2, 0) is 11.2 Å². The number of aromatic nitrogens is 2. The summed E-state index contributed by atoms with van der Waals surface area (Å²) in [6, 6.07) is 17.8. The van der Waals surface area contributed by atoms with Gasteiger partial charge in [-0.3, -0.25) is 9.78 Å². The number of H-pyrrole nitrogens is 1. The van der Waals surface area contributed by atoms with Crippen LogP contribution >= 0.6 is 0 Å². The molecule has 5 aromatic rings. The number of ether oxygens (including phenoxy) is 1. The minimum absolute atomic E-state index is 0.150. The summed E-state index contributed by atoms with van der Waals surface area (Å²) in [6.45, 7) is 4.26. The second kappa shape index (κ2) is 9.68. The number of nitrogens with zero attached hydrogens (tertiary/aromatic N) is 1. The van der Waals surface area contributed by atoms with Gasteiger partial charge in [0, 0.05) is 46.2 Å². The second-order valence-electron chi connectivity index (χ2n) is 9.70. The van der Waals surface area contributed by atoms with E-state index in [1.165, 1.54) is 10.9 Å². The van der Waals surface area contributed by atoms with Gasteiger partial charge in [0.1, 0.15) is 23.9 Å². The molecule has 0 fully saturated rings. The Morgan fingerprint density at radius 3 is 2.79 bits per heavy atom. The Bertz CT molecular complexity index is 1680. The Morgan fingerprint density at radius 1 is 1.08 bits per heavy atom. The smallest absolute Gasteiger partial charge is 0.256 e. The normalized spacial score (nSPS) is 14.6. The number of aromatic amines is 1. The Morgan fingerprint density at radius 2 is 1.95 bits per heavy atom. The van der Waals surface area contributed by atoms with E-state index >= 15 is 0 Å². The SMILES string of the molecule is Cc1cc(C=C2C(=O)Nc3ccc(-c4cncc(OC[C@@H](N)Cc5c[nH]c6ccccc56)c4)cc32)oc1C. The van der Waals surface area contributed by atoms with E-state index in [-0.39, 0.29) is 11.9 Å². The van der Waals surface area contributed by atoms with Gasteiger partial charge in [-0.15, -0.1) is 0 Å². The molecule has 1 aliphatic rings. The molecular weight excluding hydrogens is 476 g/mol. The number of hydrogen-bond acceptors (Lipinski definition) is 5. The Balaban J connectivity index is 1.19. The zero-order valence-corrected chi connectivity index (χ0v) is 21.2. The van der Waals surface area contributed by atoms with Crippen LogP contribution in [0.1, 0.15) is 28.2 Å². The van der Waals surface area contributed by atoms with E-state index in [0.29, 0.717) is 30.1 Å². The minimum atomic E-state index is -0.170. The van der Waals surface area contributed by atoms with Gasteiger partial charge in [0.2, 0.25) is 0 Å². The first-order valence-corrected chi connectivity index (χ1v) is 12.6. The molecule has 4 heterocycles. The molecule has 0 bridgehead atoms. The third kappa shape index (κ3) is 4.60. The van der Waals surface area contributed by atoms with Gasteiger partial charge in [0.15, 0.2) is 0 Å². The number of furan rings is 1. The van der Waals surface area contributed by atoms with Crippen molar-refractivity contribution in [2.75, 3.05) is 11.9 Å². The van der Waals surface area contributed by atoms with Crippen molar-refractivity contribution < 1.29 is 13.9 Å². The average molecular weight is 505 g/mol. The highest BCUT2D eigenvalue weighted by atomic mass is 16.5. The third-order valence-corrected chi connectivity index (χ3v) is 6.94. The summed E-state index contributed by atoms with van der Waals surface area (Å²) >= 11 is 0. The number of carbonyl (C=O) groups excluding carboxylic acids is 1. The van der Waals surface area contributed by atoms with Crippen molar-refractivity contribution in [3.8, 4) is 16.9 Å². The fraction of sp³-hybridized carbons (Fsp3) is 0.161. The first-order valence-electron chi connectivity index (χ1n) is 12.6. The molecule has 0 spiro atoms. The van der Waals surface area contributed by atoms with E-state index < -0.39 is 0 Å². The average Bonchev–Trinajstić information content (AvgIpc) is 3.57. The van der Waals surface area contributed by atoms with Crippen molar-refractivity contribution in [3.63, 3.8) is 0 Å². The van der Waals surface area contributed by atoms with Crippen molar-refractivity contribution in [2.45, 2.75) is 26.3 Å². The van der Waals surface area contributed by atoms with E-state index in [2.05, 4.69) is 27.4 Å². The molecule has 0 aliphatic carbocycles. The molecule has 3 aromatic heterocycles. The molecule has 190 valence electrons. The molecule has 7 heteroatoms. The highest BCUT2D eigenvalue weighted by Crippen LogP contribution is 2.37. The summed E-state index contributed by atoms with van der Waals surface area (Å²) < 4.78 is 11.8. The van der Waals surface area contributed by atoms with Gasteiger partial charge in [0.05, 0.1) is 11.8 Å². The zero-order valence-electron chi connectivity index (χ0n) is 21.2. The number of nitrogens with two attached hydrogens (primary N) is 1. The molecule has 6 rings (SSSR count). The number of benzene rings is 2. The van der Waals surface area contributed by atoms with Crippen LogP contribution < -0.4 is 15.8 Å². The molecule has 2 aromatic carbocycles. The predicted octanol–water partition coefficient (Wildman–Crippen LogP) is 5.88. The van der Waals surface area contributed by atoms with Gasteiger partial charge < -0.3 is 25.2 Å². The van der Waals surface area contributed by atoms with E-state index in [9.17, 15) is 4.79 Å². The molecule has 0 unspecified atom stereocenters. The van der Waals surface area contributed by atoms with E-state index in [1.807, 2.05) is 62.5 Å². The van der Waals surface area contributed by atoms with E-state index in [4.69, 9.17) is 14.9 Å². The number of pyridine rings is 1. The molecule has 0 saturated heterocycles. The Labute approximate surface area is 220 Å². The largest absolute Gasteiger partial charge is 0.490 e. The van der Waals surface area contributed by atoms with Gasteiger partial charge in [-0.05, 0) is 73.4 Å². The number of nitrogens with one attached hydrogen (secondary N) is 2. The van der Waals surface area contributed by atoms with Crippen LogP contribution in [0, 0.1) is 13.8 Å². The first-order chi connectivity index (χ1) is 18.4. The Kier molecular flexibility index (Phi) is 6.05. The van der Waals surface area contributed by atoms with Crippen molar-refractivity contribution in [2.24, 2.45) is 5.73 Å². The van der Waals surface area contributed by atoms with Gasteiger partial charge >= 0.3 is 0 Å². The molecule has 4 N–H and O–H groups in total. The van der Waals surface area contributed by atoms with Crippen LogP contribution in [0.5, 0.6) is 5.75 Å². The lowest BCUT2D eigenvalue weighted by molar-refractivity contribution is -0.110. The van der Waals surface area contributed by atoms with Crippen LogP contribution in [0.4, 0.5) is 5.69 Å². The fourth-order valence-corrected chi connectivity index (χ4v) is 4.83. The number of amides is 1. The lowest BCUT2D eigenvalue weighted by Gasteiger charge is -2.13. The lowest BCUT2D eigenvalue weighted by Crippen LogP contribution is -2.30. The molecule has 0 radical (unpaired) electrons. The molecule has 7 nitrogen and oxygen atoms in total. The third-order valence-electron chi connectivity index (χ3n) is 6.94. The summed E-state index contributed by atoms with van der Waals surface area (Å²) in [6.07, 6.45) is 7.97. The maximum atomic E-state index is 12.7. The number of carbonyl (C=O) groups is 1. The summed E-state index contributed by atoms with van der Waals surface area (Å²) in [5, 5.41) is 4.12. The minimum Gasteiger partial charge on any atom is -0.490 e. The lowest BCUT2D eigenvalue weighted by atomic mass is 10.00. The highest BCUT2D eigenvalue weighted by molar-refractivity contribution is 6.35. The number of aryl methyl sites for hydroxylation is 2. The number of para-hydroxylation sites is 1. The zero-order chi connectivity index (χ0) is 26.2. The highest BCUT2D eigenvalue weighted by Gasteiger charge is 2.25. The summed E-state index contributed by atoms with van der Waals surface area (Å²) in [4.78, 5) is 20.4. The topological polar surface area (TPSA) is 106 Å². The number of anilines is 1. The van der Waals surface area contributed by atoms with E-state index in [0.717, 1.165) is 39.2 Å². The van der Waals surface area contributed by atoms with Crippen LogP contribution in [0.2, 0.25) is 0 Å². The van der Waals surface area contributed by atoms with Crippen molar-refractivity contribution in [1.82, 2.24) is 9.97 Å². The summed E-state index contributed by atoms with van der Waals surface area (Å²) in [5.74, 6) is 1.99. The summed E-state index contributed by atoms with van der Waals surface area (Å²) in [7, 11) is 0. The maximum Gasteiger partial charge on any atom is 0.256 e. The van der Waals surface area contributed by atoms with Crippen molar-refractivity contribution >= 4 is 34.1 Å². The van der Waals surface area contributed by atoms with Crippen LogP contribution in [0.25, 0.3) is 33.7 Å². The number of hydrogen-bond donors (Lipinski definition) is 3. The number of rotatable bonds is 7. The van der Waals surface area contributed by atoms with Gasteiger partial charge in [0.25, 0.3) is 5.91 Å². The van der Waals surface area contributed by atoms with Crippen LogP contribution in [0.3, 0.4) is 0 Å². The molecule has 1 aliphatic heterocycles. The van der Waals surface area contributed by atoms with Crippen molar-refractivity contribution in [3.05, 3.63) is 101 Å². The number of fused-ring (bicyclic) bond motifs is 2. The monoisotopic (exact) mass is 504 g/mol. The predicted molar refractivity (Wildman–Crippen MR) is 150 cm³/mol. The first kappa shape index (κ1) is 23.8. The van der Waals surface area contributed by atoms with Gasteiger partial charge in [-0.1, -0.05) is 24.3 Å². The Hall–Kier alpha value is -4.62. The van der Waals surface area contributed by atoms with Crippen LogP contribution in [0.15, 0.2) is 77.6 Å². The standard InChI is InChI=1S/C31H28N4O3/c1-18-9-24(38-19(18)2)13-28-27-12-20(7-8-30(27)35-31(28)36)21-11-25(16-33-14-21)37-17-23(32)10-22-15-34-29-6-4-3-5-26(22)29/h3-9,11-16,23,34H,10,17,32H2,1-2H3,(H,35,36)/t23-/m0/s1. The fourth-order valence-electron chi connectivity index (χ4n) is 4.83. The molecule has 38 heavy (non-hydrogen) atoms. The second-order valence-corrected chi connectivity index (χ2v) is 9.70. The molecule has 1 amide bonds. The molecule has 0 saturated carbocycles. The quantitative estimate of drug-likeness (QED) is 0.240. The van der Waals surface area contributed by atoms with Gasteiger partial charge in [-0.25, -0.2) is 0 Å². The van der Waals surface area contributed by atoms with Gasteiger partial charge in [-0.2, -0.15) is 0 Å². The van der Waals surface area contributed by atoms with E-state index in [1.54, 1.807) is 18.5 Å². The summed E-state index contributed by atoms with van der Waals surface area (Å²) in [5.41, 5.74) is 13.7. The maximum absolute atomic E-state index is 12.7. The van der Waals surface area contributed by atoms with Crippen molar-refractivity contribution in [1.29, 1.82) is 0 Å². The molecule has 1 atom stereocenters.